The van der Waals surface area contributed by atoms with Crippen LogP contribution in [0.5, 0.6) is 0 Å². The van der Waals surface area contributed by atoms with Gasteiger partial charge in [0.2, 0.25) is 0 Å². The SMILES string of the molecule is [2H]C1N2c3ccccc3C([2H])(C3CCCC3)C2[C@H](C)N1c1ccccc1C. The fourth-order valence-corrected chi connectivity index (χ4v) is 5.25. The maximum Gasteiger partial charge on any atom is 0.0910 e. The molecule has 2 aromatic rings. The van der Waals surface area contributed by atoms with E-state index in [0.29, 0.717) is 5.92 Å². The molecular weight excluding hydrogens is 304 g/mol. The van der Waals surface area contributed by atoms with Gasteiger partial charge in [0.15, 0.2) is 0 Å². The molecule has 0 aromatic heterocycles. The summed E-state index contributed by atoms with van der Waals surface area (Å²) in [5, 5.41) is 0. The molecule has 2 heterocycles. The third-order valence-corrected chi connectivity index (χ3v) is 6.44. The summed E-state index contributed by atoms with van der Waals surface area (Å²) in [7, 11) is 0. The van der Waals surface area contributed by atoms with E-state index < -0.39 is 12.5 Å². The highest BCUT2D eigenvalue weighted by Gasteiger charge is 2.51. The molecule has 4 atom stereocenters. The van der Waals surface area contributed by atoms with Gasteiger partial charge in [0.1, 0.15) is 0 Å². The molecule has 2 aliphatic heterocycles. The van der Waals surface area contributed by atoms with E-state index in [-0.39, 0.29) is 12.1 Å². The van der Waals surface area contributed by atoms with E-state index in [1.54, 1.807) is 0 Å². The smallest absolute Gasteiger partial charge is 0.0910 e. The lowest BCUT2D eigenvalue weighted by Gasteiger charge is -2.31. The van der Waals surface area contributed by atoms with Crippen LogP contribution in [0.4, 0.5) is 11.4 Å². The van der Waals surface area contributed by atoms with Gasteiger partial charge in [-0.15, -0.1) is 0 Å². The fraction of sp³-hybridized carbons (Fsp3) is 0.478. The molecule has 1 saturated carbocycles. The second kappa shape index (κ2) is 5.79. The van der Waals surface area contributed by atoms with Gasteiger partial charge in [0.25, 0.3) is 0 Å². The van der Waals surface area contributed by atoms with Gasteiger partial charge < -0.3 is 9.80 Å². The molecular formula is C23H28N2. The molecule has 0 radical (unpaired) electrons. The zero-order chi connectivity index (χ0) is 18.8. The highest BCUT2D eigenvalue weighted by molar-refractivity contribution is 5.68. The molecule has 0 amide bonds. The Morgan fingerprint density at radius 1 is 0.960 bits per heavy atom. The molecule has 2 fully saturated rings. The van der Waals surface area contributed by atoms with Crippen molar-refractivity contribution in [2.45, 2.75) is 57.5 Å². The van der Waals surface area contributed by atoms with Crippen LogP contribution in [0.25, 0.3) is 0 Å². The van der Waals surface area contributed by atoms with Crippen molar-refractivity contribution in [2.24, 2.45) is 5.92 Å². The minimum absolute atomic E-state index is 0.0279. The predicted octanol–water partition coefficient (Wildman–Crippen LogP) is 5.32. The monoisotopic (exact) mass is 334 g/mol. The molecule has 3 aliphatic rings. The van der Waals surface area contributed by atoms with E-state index >= 15 is 0 Å². The van der Waals surface area contributed by atoms with E-state index in [9.17, 15) is 1.37 Å². The maximum absolute atomic E-state index is 9.76. The number of aryl methyl sites for hydroxylation is 1. The highest BCUT2D eigenvalue weighted by atomic mass is 15.4. The van der Waals surface area contributed by atoms with Crippen LogP contribution < -0.4 is 9.80 Å². The minimum Gasteiger partial charge on any atom is -0.349 e. The van der Waals surface area contributed by atoms with Gasteiger partial charge in [-0.3, -0.25) is 0 Å². The predicted molar refractivity (Wildman–Crippen MR) is 105 cm³/mol. The summed E-state index contributed by atoms with van der Waals surface area (Å²) < 4.78 is 18.9. The number of para-hydroxylation sites is 2. The van der Waals surface area contributed by atoms with Crippen molar-refractivity contribution in [2.75, 3.05) is 16.4 Å². The Bertz CT molecular complexity index is 863. The molecule has 130 valence electrons. The Labute approximate surface area is 154 Å². The lowest BCUT2D eigenvalue weighted by molar-refractivity contribution is 0.376. The summed E-state index contributed by atoms with van der Waals surface area (Å²) in [6, 6.07) is 16.9. The lowest BCUT2D eigenvalue weighted by atomic mass is 9.79. The molecule has 0 spiro atoms. The molecule has 5 rings (SSSR count). The van der Waals surface area contributed by atoms with Crippen molar-refractivity contribution < 1.29 is 2.74 Å². The van der Waals surface area contributed by atoms with Crippen LogP contribution in [0, 0.1) is 12.8 Å². The second-order valence-electron chi connectivity index (χ2n) is 7.86. The van der Waals surface area contributed by atoms with Crippen LogP contribution in [0.2, 0.25) is 0 Å². The van der Waals surface area contributed by atoms with Crippen molar-refractivity contribution in [1.29, 1.82) is 0 Å². The normalized spacial score (nSPS) is 35.5. The summed E-state index contributed by atoms with van der Waals surface area (Å²) in [5.74, 6) is -0.233. The first kappa shape index (κ1) is 13.3. The number of rotatable bonds is 2. The molecule has 1 saturated heterocycles. The standard InChI is InChI=1S/C23H28N2/c1-16-9-3-7-13-20(16)24-15-25-21-14-8-6-12-19(21)22(23(25)17(24)2)18-10-4-5-11-18/h3,6-9,12-14,17-18,22-23H,4-5,10-11,15H2,1-2H3/t17-,22?,23?/m0/s1/i15D,22D/t15?,17-,22?,23?. The van der Waals surface area contributed by atoms with E-state index in [1.165, 1.54) is 18.4 Å². The maximum atomic E-state index is 9.76. The van der Waals surface area contributed by atoms with Crippen molar-refractivity contribution >= 4 is 11.4 Å². The van der Waals surface area contributed by atoms with Gasteiger partial charge in [-0.05, 0) is 55.9 Å². The molecule has 1 aliphatic carbocycles. The van der Waals surface area contributed by atoms with Crippen molar-refractivity contribution in [1.82, 2.24) is 0 Å². The van der Waals surface area contributed by atoms with Gasteiger partial charge in [-0.2, -0.15) is 0 Å². The van der Waals surface area contributed by atoms with Gasteiger partial charge in [-0.25, -0.2) is 0 Å². The molecule has 25 heavy (non-hydrogen) atoms. The number of nitrogens with zero attached hydrogens (tertiary/aromatic N) is 2. The topological polar surface area (TPSA) is 6.48 Å². The van der Waals surface area contributed by atoms with Crippen LogP contribution in [-0.4, -0.2) is 18.7 Å². The Balaban J connectivity index is 1.66. The average Bonchev–Trinajstić information content (AvgIpc) is 3.35. The summed E-state index contributed by atoms with van der Waals surface area (Å²) in [6.45, 7) is 3.86. The summed E-state index contributed by atoms with van der Waals surface area (Å²) >= 11 is 0. The molecule has 2 nitrogen and oxygen atoms in total. The first-order valence-electron chi connectivity index (χ1n) is 10.8. The largest absolute Gasteiger partial charge is 0.349 e. The third kappa shape index (κ3) is 2.23. The Morgan fingerprint density at radius 3 is 2.40 bits per heavy atom. The van der Waals surface area contributed by atoms with Crippen molar-refractivity contribution in [3.05, 3.63) is 59.7 Å². The molecule has 3 unspecified atom stereocenters. The zero-order valence-electron chi connectivity index (χ0n) is 17.2. The van der Waals surface area contributed by atoms with Gasteiger partial charge in [0, 0.05) is 24.7 Å². The van der Waals surface area contributed by atoms with Crippen LogP contribution in [0.15, 0.2) is 48.5 Å². The van der Waals surface area contributed by atoms with E-state index in [2.05, 4.69) is 72.2 Å². The zero-order valence-corrected chi connectivity index (χ0v) is 15.2. The van der Waals surface area contributed by atoms with Gasteiger partial charge >= 0.3 is 0 Å². The Morgan fingerprint density at radius 2 is 1.64 bits per heavy atom. The van der Waals surface area contributed by atoms with Crippen LogP contribution in [0.1, 0.15) is 52.4 Å². The first-order valence-corrected chi connectivity index (χ1v) is 9.69. The van der Waals surface area contributed by atoms with Gasteiger partial charge in [-0.1, -0.05) is 49.2 Å². The van der Waals surface area contributed by atoms with Crippen molar-refractivity contribution in [3.8, 4) is 0 Å². The number of anilines is 2. The number of hydrogen-bond acceptors (Lipinski definition) is 2. The second-order valence-corrected chi connectivity index (χ2v) is 7.86. The van der Waals surface area contributed by atoms with Crippen LogP contribution in [0.3, 0.4) is 0 Å². The number of benzene rings is 2. The quantitative estimate of drug-likeness (QED) is 0.733. The molecule has 2 aromatic carbocycles. The first-order chi connectivity index (χ1) is 13.0. The third-order valence-electron chi connectivity index (χ3n) is 6.44. The average molecular weight is 335 g/mol. The van der Waals surface area contributed by atoms with Gasteiger partial charge in [0.05, 0.1) is 14.1 Å². The minimum atomic E-state index is -0.622. The molecule has 0 N–H and O–H groups in total. The highest BCUT2D eigenvalue weighted by Crippen LogP contribution is 2.53. The Hall–Kier alpha value is -1.96. The molecule has 0 bridgehead atoms. The van der Waals surface area contributed by atoms with Crippen molar-refractivity contribution in [3.63, 3.8) is 0 Å². The van der Waals surface area contributed by atoms with Crippen LogP contribution in [-0.2, 0) is 0 Å². The number of hydrogen-bond donors (Lipinski definition) is 0. The Kier molecular flexibility index (Phi) is 3.08. The lowest BCUT2D eigenvalue weighted by Crippen LogP contribution is -2.38. The summed E-state index contributed by atoms with van der Waals surface area (Å²) in [5.41, 5.74) is 4.58. The number of fused-ring (bicyclic) bond motifs is 3. The van der Waals surface area contributed by atoms with E-state index in [4.69, 9.17) is 1.37 Å². The summed E-state index contributed by atoms with van der Waals surface area (Å²) in [6.07, 6.45) is 4.75. The fourth-order valence-electron chi connectivity index (χ4n) is 5.25. The van der Waals surface area contributed by atoms with E-state index in [0.717, 1.165) is 29.8 Å². The van der Waals surface area contributed by atoms with Crippen LogP contribution >= 0.6 is 0 Å². The van der Waals surface area contributed by atoms with E-state index in [1.807, 2.05) is 0 Å². The summed E-state index contributed by atoms with van der Waals surface area (Å²) in [4.78, 5) is 4.46. The molecule has 2 heteroatoms.